The number of thiazole rings is 1. The third kappa shape index (κ3) is 3.60. The van der Waals surface area contributed by atoms with Gasteiger partial charge in [0.25, 0.3) is 0 Å². The van der Waals surface area contributed by atoms with Crippen molar-refractivity contribution >= 4 is 17.3 Å². The summed E-state index contributed by atoms with van der Waals surface area (Å²) in [4.78, 5) is 15.2. The van der Waals surface area contributed by atoms with Crippen molar-refractivity contribution in [2.45, 2.75) is 26.8 Å². The molecule has 4 nitrogen and oxygen atoms in total. The van der Waals surface area contributed by atoms with Crippen LogP contribution in [0.1, 0.15) is 30.6 Å². The number of carboxylic acids is 1. The number of nitrogens with zero attached hydrogens (tertiary/aromatic N) is 1. The zero-order chi connectivity index (χ0) is 11.4. The Labute approximate surface area is 93.4 Å². The molecule has 0 aromatic carbocycles. The van der Waals surface area contributed by atoms with Gasteiger partial charge in [0.1, 0.15) is 5.01 Å². The SMILES string of the molecule is Cc1csc(C(NCC(C)C)C(=O)O)n1. The first kappa shape index (κ1) is 12.1. The molecule has 0 saturated heterocycles. The van der Waals surface area contributed by atoms with Gasteiger partial charge in [-0.15, -0.1) is 11.3 Å². The highest BCUT2D eigenvalue weighted by Crippen LogP contribution is 2.18. The molecule has 0 amide bonds. The summed E-state index contributed by atoms with van der Waals surface area (Å²) in [6.07, 6.45) is 0. The minimum Gasteiger partial charge on any atom is -0.480 e. The number of carbonyl (C=O) groups is 1. The maximum absolute atomic E-state index is 11.0. The zero-order valence-electron chi connectivity index (χ0n) is 9.15. The molecule has 0 aliphatic carbocycles. The topological polar surface area (TPSA) is 62.2 Å². The van der Waals surface area contributed by atoms with E-state index in [4.69, 9.17) is 5.11 Å². The van der Waals surface area contributed by atoms with Crippen LogP contribution in [0.25, 0.3) is 0 Å². The Morgan fingerprint density at radius 2 is 2.33 bits per heavy atom. The number of carboxylic acid groups (broad SMARTS) is 1. The molecular weight excluding hydrogens is 212 g/mol. The Hall–Kier alpha value is -0.940. The van der Waals surface area contributed by atoms with Crippen LogP contribution in [0.2, 0.25) is 0 Å². The minimum atomic E-state index is -0.870. The average Bonchev–Trinajstić information content (AvgIpc) is 2.51. The first-order valence-corrected chi connectivity index (χ1v) is 5.77. The van der Waals surface area contributed by atoms with E-state index in [1.165, 1.54) is 11.3 Å². The molecular formula is C10H16N2O2S. The van der Waals surface area contributed by atoms with E-state index in [1.54, 1.807) is 0 Å². The molecule has 15 heavy (non-hydrogen) atoms. The lowest BCUT2D eigenvalue weighted by molar-refractivity contribution is -0.139. The van der Waals surface area contributed by atoms with Gasteiger partial charge in [0.2, 0.25) is 0 Å². The summed E-state index contributed by atoms with van der Waals surface area (Å²) in [6.45, 7) is 6.62. The molecule has 0 saturated carbocycles. The lowest BCUT2D eigenvalue weighted by atomic mass is 10.2. The molecule has 1 aromatic rings. The van der Waals surface area contributed by atoms with Gasteiger partial charge in [-0.3, -0.25) is 10.1 Å². The van der Waals surface area contributed by atoms with E-state index in [0.29, 0.717) is 17.5 Å². The lowest BCUT2D eigenvalue weighted by Gasteiger charge is -2.13. The molecule has 1 aromatic heterocycles. The summed E-state index contributed by atoms with van der Waals surface area (Å²) < 4.78 is 0. The molecule has 0 radical (unpaired) electrons. The monoisotopic (exact) mass is 228 g/mol. The largest absolute Gasteiger partial charge is 0.480 e. The Bertz CT molecular complexity index is 336. The van der Waals surface area contributed by atoms with Crippen LogP contribution in [0.5, 0.6) is 0 Å². The third-order valence-corrected chi connectivity index (χ3v) is 2.89. The summed E-state index contributed by atoms with van der Waals surface area (Å²) >= 11 is 1.38. The van der Waals surface area contributed by atoms with Gasteiger partial charge in [-0.25, -0.2) is 4.98 Å². The minimum absolute atomic E-state index is 0.424. The van der Waals surface area contributed by atoms with E-state index in [-0.39, 0.29) is 0 Å². The van der Waals surface area contributed by atoms with E-state index >= 15 is 0 Å². The molecule has 1 unspecified atom stereocenters. The van der Waals surface area contributed by atoms with E-state index in [1.807, 2.05) is 26.2 Å². The van der Waals surface area contributed by atoms with Crippen molar-refractivity contribution in [3.05, 3.63) is 16.1 Å². The number of aromatic nitrogens is 1. The van der Waals surface area contributed by atoms with Gasteiger partial charge in [-0.05, 0) is 19.4 Å². The van der Waals surface area contributed by atoms with Crippen molar-refractivity contribution in [1.29, 1.82) is 0 Å². The smallest absolute Gasteiger partial charge is 0.327 e. The van der Waals surface area contributed by atoms with Gasteiger partial charge < -0.3 is 5.11 Å². The second-order valence-corrected chi connectivity index (χ2v) is 4.79. The summed E-state index contributed by atoms with van der Waals surface area (Å²) in [6, 6.07) is -0.675. The summed E-state index contributed by atoms with van der Waals surface area (Å²) in [5.41, 5.74) is 0.868. The molecule has 5 heteroatoms. The molecule has 1 heterocycles. The first-order valence-electron chi connectivity index (χ1n) is 4.89. The summed E-state index contributed by atoms with van der Waals surface area (Å²) in [5, 5.41) is 14.5. The van der Waals surface area contributed by atoms with Crippen molar-refractivity contribution in [1.82, 2.24) is 10.3 Å². The second-order valence-electron chi connectivity index (χ2n) is 3.90. The number of aryl methyl sites for hydroxylation is 1. The van der Waals surface area contributed by atoms with Crippen LogP contribution in [0.15, 0.2) is 5.38 Å². The molecule has 1 atom stereocenters. The van der Waals surface area contributed by atoms with Crippen molar-refractivity contribution in [2.24, 2.45) is 5.92 Å². The fourth-order valence-corrected chi connectivity index (χ4v) is 2.00. The van der Waals surface area contributed by atoms with Gasteiger partial charge in [0.15, 0.2) is 6.04 Å². The first-order chi connectivity index (χ1) is 7.00. The van der Waals surface area contributed by atoms with Crippen LogP contribution in [-0.4, -0.2) is 22.6 Å². The number of aliphatic carboxylic acids is 1. The normalized spacial score (nSPS) is 13.1. The van der Waals surface area contributed by atoms with Crippen molar-refractivity contribution in [2.75, 3.05) is 6.54 Å². The van der Waals surface area contributed by atoms with Crippen molar-refractivity contribution in [3.8, 4) is 0 Å². The fraction of sp³-hybridized carbons (Fsp3) is 0.600. The van der Waals surface area contributed by atoms with E-state index in [2.05, 4.69) is 10.3 Å². The highest BCUT2D eigenvalue weighted by Gasteiger charge is 2.22. The number of nitrogens with one attached hydrogen (secondary N) is 1. The average molecular weight is 228 g/mol. The lowest BCUT2D eigenvalue weighted by Crippen LogP contribution is -2.31. The number of hydrogen-bond acceptors (Lipinski definition) is 4. The van der Waals surface area contributed by atoms with Gasteiger partial charge in [0.05, 0.1) is 0 Å². The highest BCUT2D eigenvalue weighted by molar-refractivity contribution is 7.09. The maximum Gasteiger partial charge on any atom is 0.327 e. The molecule has 0 fully saturated rings. The predicted molar refractivity (Wildman–Crippen MR) is 60.1 cm³/mol. The van der Waals surface area contributed by atoms with Crippen molar-refractivity contribution in [3.63, 3.8) is 0 Å². The van der Waals surface area contributed by atoms with Crippen LogP contribution < -0.4 is 5.32 Å². The second kappa shape index (κ2) is 5.23. The summed E-state index contributed by atoms with van der Waals surface area (Å²) in [5.74, 6) is -0.446. The zero-order valence-corrected chi connectivity index (χ0v) is 9.97. The highest BCUT2D eigenvalue weighted by atomic mass is 32.1. The van der Waals surface area contributed by atoms with Crippen LogP contribution >= 0.6 is 11.3 Å². The molecule has 84 valence electrons. The van der Waals surface area contributed by atoms with E-state index in [9.17, 15) is 4.79 Å². The molecule has 2 N–H and O–H groups in total. The van der Waals surface area contributed by atoms with Crippen LogP contribution in [0.3, 0.4) is 0 Å². The Balaban J connectivity index is 2.70. The molecule has 1 rings (SSSR count). The third-order valence-electron chi connectivity index (χ3n) is 1.86. The molecule has 0 aliphatic heterocycles. The van der Waals surface area contributed by atoms with Gasteiger partial charge in [-0.1, -0.05) is 13.8 Å². The summed E-state index contributed by atoms with van der Waals surface area (Å²) in [7, 11) is 0. The Morgan fingerprint density at radius 3 is 2.73 bits per heavy atom. The van der Waals surface area contributed by atoms with E-state index < -0.39 is 12.0 Å². The Morgan fingerprint density at radius 1 is 1.67 bits per heavy atom. The molecule has 0 aliphatic rings. The maximum atomic E-state index is 11.0. The van der Waals surface area contributed by atoms with Gasteiger partial charge in [0, 0.05) is 11.1 Å². The number of hydrogen-bond donors (Lipinski definition) is 2. The molecule has 0 bridgehead atoms. The number of rotatable bonds is 5. The van der Waals surface area contributed by atoms with E-state index in [0.717, 1.165) is 5.69 Å². The van der Waals surface area contributed by atoms with Crippen LogP contribution in [0.4, 0.5) is 0 Å². The van der Waals surface area contributed by atoms with Crippen LogP contribution in [-0.2, 0) is 4.79 Å². The fourth-order valence-electron chi connectivity index (χ4n) is 1.14. The molecule has 0 spiro atoms. The van der Waals surface area contributed by atoms with Gasteiger partial charge in [-0.2, -0.15) is 0 Å². The predicted octanol–water partition coefficient (Wildman–Crippen LogP) is 1.82. The van der Waals surface area contributed by atoms with Crippen molar-refractivity contribution < 1.29 is 9.90 Å². The van der Waals surface area contributed by atoms with Crippen LogP contribution in [0, 0.1) is 12.8 Å². The Kier molecular flexibility index (Phi) is 4.23. The van der Waals surface area contributed by atoms with Gasteiger partial charge >= 0.3 is 5.97 Å². The quantitative estimate of drug-likeness (QED) is 0.807. The standard InChI is InChI=1S/C10H16N2O2S/c1-6(2)4-11-8(10(13)14)9-12-7(3)5-15-9/h5-6,8,11H,4H2,1-3H3,(H,13,14).